The topological polar surface area (TPSA) is 35.6 Å². The molecule has 0 heterocycles. The molecule has 1 N–H and O–H groups in total. The van der Waals surface area contributed by atoms with Crippen LogP contribution in [0.4, 0.5) is 5.69 Å². The second-order valence-electron chi connectivity index (χ2n) is 7.30. The van der Waals surface area contributed by atoms with Crippen LogP contribution in [-0.4, -0.2) is 44.0 Å². The molecule has 0 spiro atoms. The highest BCUT2D eigenvalue weighted by molar-refractivity contribution is 5.78. The second-order valence-corrected chi connectivity index (χ2v) is 7.30. The summed E-state index contributed by atoms with van der Waals surface area (Å²) in [7, 11) is 4.09. The van der Waals surface area contributed by atoms with Crippen LogP contribution in [0.15, 0.2) is 24.3 Å². The Morgan fingerprint density at radius 1 is 1.17 bits per heavy atom. The molecule has 4 heteroatoms. The molecule has 1 aliphatic rings. The summed E-state index contributed by atoms with van der Waals surface area (Å²) in [6, 6.07) is 8.93. The van der Waals surface area contributed by atoms with Gasteiger partial charge in [0.1, 0.15) is 0 Å². The van der Waals surface area contributed by atoms with Crippen molar-refractivity contribution in [3.63, 3.8) is 0 Å². The van der Waals surface area contributed by atoms with E-state index in [4.69, 9.17) is 0 Å². The zero-order chi connectivity index (χ0) is 17.5. The molecular weight excluding hydrogens is 298 g/mol. The van der Waals surface area contributed by atoms with Crippen molar-refractivity contribution in [2.45, 2.75) is 52.1 Å². The van der Waals surface area contributed by atoms with Crippen molar-refractivity contribution in [2.75, 3.05) is 32.1 Å². The summed E-state index contributed by atoms with van der Waals surface area (Å²) in [5.74, 6) is 0.775. The van der Waals surface area contributed by atoms with Crippen LogP contribution in [0.1, 0.15) is 45.1 Å². The second kappa shape index (κ2) is 9.07. The maximum atomic E-state index is 12.4. The number of rotatable bonds is 7. The van der Waals surface area contributed by atoms with Gasteiger partial charge in [0.15, 0.2) is 0 Å². The Hall–Kier alpha value is -1.55. The number of amides is 1. The third-order valence-electron chi connectivity index (χ3n) is 5.13. The standard InChI is InChI=1S/C20H33N3O/c1-5-23(14-17-10-12-18(13-11-17)22(3)4)15-20(24)21-19-9-7-6-8-16(19)2/h10-13,16,19H,5-9,14-15H2,1-4H3,(H,21,24)/t16-,19+/m0/s1. The number of carbonyl (C=O) groups excluding carboxylic acids is 1. The van der Waals surface area contributed by atoms with Gasteiger partial charge in [0.25, 0.3) is 0 Å². The van der Waals surface area contributed by atoms with Gasteiger partial charge in [-0.1, -0.05) is 38.8 Å². The van der Waals surface area contributed by atoms with Gasteiger partial charge in [-0.25, -0.2) is 0 Å². The summed E-state index contributed by atoms with van der Waals surface area (Å²) in [4.78, 5) is 16.7. The first-order chi connectivity index (χ1) is 11.5. The molecule has 24 heavy (non-hydrogen) atoms. The normalized spacial score (nSPS) is 20.9. The molecule has 0 radical (unpaired) electrons. The van der Waals surface area contributed by atoms with Gasteiger partial charge >= 0.3 is 0 Å². The van der Waals surface area contributed by atoms with Crippen LogP contribution in [0.2, 0.25) is 0 Å². The fraction of sp³-hybridized carbons (Fsp3) is 0.650. The van der Waals surface area contributed by atoms with E-state index < -0.39 is 0 Å². The maximum absolute atomic E-state index is 12.4. The molecule has 1 aliphatic carbocycles. The van der Waals surface area contributed by atoms with E-state index in [0.29, 0.717) is 18.5 Å². The monoisotopic (exact) mass is 331 g/mol. The molecule has 1 aromatic rings. The van der Waals surface area contributed by atoms with Crippen LogP contribution in [0.25, 0.3) is 0 Å². The van der Waals surface area contributed by atoms with E-state index >= 15 is 0 Å². The molecule has 0 aromatic heterocycles. The van der Waals surface area contributed by atoms with Crippen LogP contribution in [0, 0.1) is 5.92 Å². The molecule has 0 unspecified atom stereocenters. The van der Waals surface area contributed by atoms with Crippen LogP contribution >= 0.6 is 0 Å². The number of hydrogen-bond donors (Lipinski definition) is 1. The summed E-state index contributed by atoms with van der Waals surface area (Å²) >= 11 is 0. The highest BCUT2D eigenvalue weighted by atomic mass is 16.2. The van der Waals surface area contributed by atoms with Crippen molar-refractivity contribution in [3.8, 4) is 0 Å². The first-order valence-electron chi connectivity index (χ1n) is 9.27. The van der Waals surface area contributed by atoms with Crippen molar-refractivity contribution in [1.82, 2.24) is 10.2 Å². The molecule has 0 aliphatic heterocycles. The van der Waals surface area contributed by atoms with Crippen LogP contribution in [-0.2, 0) is 11.3 Å². The summed E-state index contributed by atoms with van der Waals surface area (Å²) < 4.78 is 0. The van der Waals surface area contributed by atoms with E-state index in [2.05, 4.69) is 53.2 Å². The van der Waals surface area contributed by atoms with Crippen LogP contribution < -0.4 is 10.2 Å². The lowest BCUT2D eigenvalue weighted by atomic mass is 9.86. The summed E-state index contributed by atoms with van der Waals surface area (Å²) in [6.45, 7) is 6.55. The molecule has 1 fully saturated rings. The van der Waals surface area contributed by atoms with Gasteiger partial charge in [-0.15, -0.1) is 0 Å². The van der Waals surface area contributed by atoms with E-state index in [9.17, 15) is 4.79 Å². The van der Waals surface area contributed by atoms with E-state index in [1.54, 1.807) is 0 Å². The average molecular weight is 332 g/mol. The Labute approximate surface area is 147 Å². The fourth-order valence-corrected chi connectivity index (χ4v) is 3.42. The quantitative estimate of drug-likeness (QED) is 0.833. The van der Waals surface area contributed by atoms with E-state index in [1.807, 2.05) is 14.1 Å². The molecule has 1 amide bonds. The molecule has 4 nitrogen and oxygen atoms in total. The Kier molecular flexibility index (Phi) is 7.10. The molecule has 134 valence electrons. The van der Waals surface area contributed by atoms with Crippen LogP contribution in [0.5, 0.6) is 0 Å². The predicted octanol–water partition coefficient (Wildman–Crippen LogP) is 3.27. The number of hydrogen-bond acceptors (Lipinski definition) is 3. The fourth-order valence-electron chi connectivity index (χ4n) is 3.42. The van der Waals surface area contributed by atoms with Gasteiger partial charge in [-0.2, -0.15) is 0 Å². The number of likely N-dealkylation sites (N-methyl/N-ethyl adjacent to an activating group) is 1. The molecule has 1 saturated carbocycles. The van der Waals surface area contributed by atoms with Crippen molar-refractivity contribution in [3.05, 3.63) is 29.8 Å². The first-order valence-corrected chi connectivity index (χ1v) is 9.27. The average Bonchev–Trinajstić information content (AvgIpc) is 2.56. The maximum Gasteiger partial charge on any atom is 0.234 e. The molecular formula is C20H33N3O. The molecule has 0 bridgehead atoms. The van der Waals surface area contributed by atoms with Crippen molar-refractivity contribution in [1.29, 1.82) is 0 Å². The van der Waals surface area contributed by atoms with Gasteiger partial charge in [-0.3, -0.25) is 9.69 Å². The third-order valence-corrected chi connectivity index (χ3v) is 5.13. The number of carbonyl (C=O) groups is 1. The van der Waals surface area contributed by atoms with Gasteiger partial charge in [0.2, 0.25) is 5.91 Å². The van der Waals surface area contributed by atoms with Crippen molar-refractivity contribution in [2.24, 2.45) is 5.92 Å². The van der Waals surface area contributed by atoms with Gasteiger partial charge in [0.05, 0.1) is 6.54 Å². The number of nitrogens with one attached hydrogen (secondary N) is 1. The minimum atomic E-state index is 0.167. The van der Waals surface area contributed by atoms with Crippen LogP contribution in [0.3, 0.4) is 0 Å². The van der Waals surface area contributed by atoms with E-state index in [-0.39, 0.29) is 5.91 Å². The Morgan fingerprint density at radius 3 is 2.42 bits per heavy atom. The largest absolute Gasteiger partial charge is 0.378 e. The highest BCUT2D eigenvalue weighted by Crippen LogP contribution is 2.23. The van der Waals surface area contributed by atoms with E-state index in [1.165, 1.54) is 30.5 Å². The lowest BCUT2D eigenvalue weighted by molar-refractivity contribution is -0.123. The molecule has 2 atom stereocenters. The summed E-state index contributed by atoms with van der Waals surface area (Å²) in [6.07, 6.45) is 4.91. The Morgan fingerprint density at radius 2 is 1.83 bits per heavy atom. The zero-order valence-corrected chi connectivity index (χ0v) is 15.7. The van der Waals surface area contributed by atoms with Gasteiger partial charge < -0.3 is 10.2 Å². The predicted molar refractivity (Wildman–Crippen MR) is 101 cm³/mol. The SMILES string of the molecule is CCN(CC(=O)N[C@@H]1CCCC[C@@H]1C)Cc1ccc(N(C)C)cc1. The lowest BCUT2D eigenvalue weighted by Crippen LogP contribution is -2.45. The van der Waals surface area contributed by atoms with E-state index in [0.717, 1.165) is 19.5 Å². The van der Waals surface area contributed by atoms with Crippen molar-refractivity contribution >= 4 is 11.6 Å². The summed E-state index contributed by atoms with van der Waals surface area (Å²) in [5.41, 5.74) is 2.45. The molecule has 0 saturated heterocycles. The first kappa shape index (κ1) is 18.8. The zero-order valence-electron chi connectivity index (χ0n) is 15.7. The smallest absolute Gasteiger partial charge is 0.234 e. The van der Waals surface area contributed by atoms with Gasteiger partial charge in [0, 0.05) is 32.4 Å². The minimum Gasteiger partial charge on any atom is -0.378 e. The minimum absolute atomic E-state index is 0.167. The highest BCUT2D eigenvalue weighted by Gasteiger charge is 2.23. The lowest BCUT2D eigenvalue weighted by Gasteiger charge is -2.30. The number of anilines is 1. The van der Waals surface area contributed by atoms with Crippen molar-refractivity contribution < 1.29 is 4.79 Å². The Balaban J connectivity index is 1.85. The Bertz CT molecular complexity index is 512. The molecule has 1 aromatic carbocycles. The van der Waals surface area contributed by atoms with Gasteiger partial charge in [-0.05, 0) is 43.0 Å². The number of benzene rings is 1. The summed E-state index contributed by atoms with van der Waals surface area (Å²) in [5, 5.41) is 3.26. The number of nitrogens with zero attached hydrogens (tertiary/aromatic N) is 2. The molecule has 2 rings (SSSR count). The third kappa shape index (κ3) is 5.52.